The molecule has 3 nitrogen and oxygen atoms in total. The molecule has 0 saturated heterocycles. The first-order valence-corrected chi connectivity index (χ1v) is 6.08. The molecule has 0 aliphatic heterocycles. The molecule has 1 aromatic carbocycles. The zero-order valence-electron chi connectivity index (χ0n) is 11.8. The third-order valence-electron chi connectivity index (χ3n) is 2.19. The van der Waals surface area contributed by atoms with E-state index in [9.17, 15) is 22.4 Å². The molecule has 1 rings (SSSR count). The Kier molecular flexibility index (Phi) is 5.34. The average Bonchev–Trinajstić information content (AvgIpc) is 2.33. The van der Waals surface area contributed by atoms with Crippen molar-refractivity contribution in [1.29, 1.82) is 0 Å². The number of carbonyl (C=O) groups excluding carboxylic acids is 1. The second kappa shape index (κ2) is 6.60. The highest BCUT2D eigenvalue weighted by molar-refractivity contribution is 5.68. The van der Waals surface area contributed by atoms with E-state index in [1.165, 1.54) is 0 Å². The van der Waals surface area contributed by atoms with Crippen LogP contribution in [0.2, 0.25) is 0 Å². The van der Waals surface area contributed by atoms with Gasteiger partial charge in [0.2, 0.25) is 0 Å². The van der Waals surface area contributed by atoms with E-state index in [4.69, 9.17) is 4.74 Å². The van der Waals surface area contributed by atoms with Crippen molar-refractivity contribution in [1.82, 2.24) is 5.32 Å². The number of carbonyl (C=O) groups is 1. The Hall–Kier alpha value is -2.05. The van der Waals surface area contributed by atoms with Gasteiger partial charge in [0, 0.05) is 12.6 Å². The van der Waals surface area contributed by atoms with Gasteiger partial charge in [-0.1, -0.05) is 12.2 Å². The van der Waals surface area contributed by atoms with Crippen LogP contribution >= 0.6 is 0 Å². The maximum absolute atomic E-state index is 13.3. The van der Waals surface area contributed by atoms with Crippen LogP contribution < -0.4 is 5.32 Å². The fourth-order valence-corrected chi connectivity index (χ4v) is 1.37. The third kappa shape index (κ3) is 5.09. The molecule has 0 aromatic heterocycles. The molecule has 0 heterocycles. The van der Waals surface area contributed by atoms with Crippen LogP contribution in [0, 0.1) is 23.3 Å². The first kappa shape index (κ1) is 17.0. The van der Waals surface area contributed by atoms with E-state index < -0.39 is 40.5 Å². The summed E-state index contributed by atoms with van der Waals surface area (Å²) in [6, 6.07) is 0.126. The molecule has 0 unspecified atom stereocenters. The summed E-state index contributed by atoms with van der Waals surface area (Å²) in [7, 11) is 0. The molecule has 0 aliphatic rings. The number of alkyl carbamates (subject to hydrolysis) is 1. The Labute approximate surface area is 119 Å². The molecular formula is C14H15F4NO2. The fraction of sp³-hybridized carbons (Fsp3) is 0.357. The predicted molar refractivity (Wildman–Crippen MR) is 69.5 cm³/mol. The Morgan fingerprint density at radius 1 is 1.19 bits per heavy atom. The van der Waals surface area contributed by atoms with E-state index in [0.29, 0.717) is 0 Å². The van der Waals surface area contributed by atoms with E-state index >= 15 is 0 Å². The van der Waals surface area contributed by atoms with Crippen LogP contribution in [-0.2, 0) is 4.74 Å². The minimum absolute atomic E-state index is 0.119. The molecule has 1 amide bonds. The molecule has 1 aromatic rings. The van der Waals surface area contributed by atoms with Crippen molar-refractivity contribution in [2.75, 3.05) is 6.54 Å². The largest absolute Gasteiger partial charge is 0.444 e. The highest BCUT2D eigenvalue weighted by Crippen LogP contribution is 2.20. The maximum atomic E-state index is 13.3. The van der Waals surface area contributed by atoms with Crippen LogP contribution in [0.25, 0.3) is 6.08 Å². The molecule has 0 fully saturated rings. The van der Waals surface area contributed by atoms with E-state index in [1.807, 2.05) is 0 Å². The summed E-state index contributed by atoms with van der Waals surface area (Å²) in [5, 5.41) is 2.30. The third-order valence-corrected chi connectivity index (χ3v) is 2.19. The summed E-state index contributed by atoms with van der Waals surface area (Å²) < 4.78 is 57.4. The summed E-state index contributed by atoms with van der Waals surface area (Å²) in [5.41, 5.74) is -1.53. The van der Waals surface area contributed by atoms with Gasteiger partial charge in [0.25, 0.3) is 0 Å². The number of rotatable bonds is 3. The van der Waals surface area contributed by atoms with Crippen molar-refractivity contribution in [3.05, 3.63) is 41.0 Å². The summed E-state index contributed by atoms with van der Waals surface area (Å²) in [4.78, 5) is 11.3. The summed E-state index contributed by atoms with van der Waals surface area (Å²) in [5.74, 6) is -5.98. The van der Waals surface area contributed by atoms with Gasteiger partial charge in [0.05, 0.1) is 5.56 Å². The van der Waals surface area contributed by atoms with Gasteiger partial charge in [-0.25, -0.2) is 22.4 Å². The lowest BCUT2D eigenvalue weighted by molar-refractivity contribution is 0.0534. The van der Waals surface area contributed by atoms with Crippen LogP contribution in [-0.4, -0.2) is 18.2 Å². The Bertz CT molecular complexity index is 539. The van der Waals surface area contributed by atoms with Gasteiger partial charge in [-0.3, -0.25) is 0 Å². The molecule has 0 atom stereocenters. The van der Waals surface area contributed by atoms with Crippen molar-refractivity contribution >= 4 is 12.2 Å². The van der Waals surface area contributed by atoms with Crippen LogP contribution in [0.1, 0.15) is 26.3 Å². The minimum Gasteiger partial charge on any atom is -0.444 e. The number of ether oxygens (including phenoxy) is 1. The number of amides is 1. The first-order valence-electron chi connectivity index (χ1n) is 6.08. The smallest absolute Gasteiger partial charge is 0.407 e. The van der Waals surface area contributed by atoms with Gasteiger partial charge < -0.3 is 10.1 Å². The normalized spacial score (nSPS) is 11.8. The number of hydrogen-bond acceptors (Lipinski definition) is 2. The van der Waals surface area contributed by atoms with E-state index in [1.54, 1.807) is 20.8 Å². The number of hydrogen-bond donors (Lipinski definition) is 1. The first-order chi connectivity index (χ1) is 9.61. The molecule has 0 saturated carbocycles. The summed E-state index contributed by atoms with van der Waals surface area (Å²) in [6.45, 7) is 4.89. The SMILES string of the molecule is CC(C)(C)OC(=O)NCC=Cc1c(F)c(F)cc(F)c1F. The van der Waals surface area contributed by atoms with Gasteiger partial charge in [-0.2, -0.15) is 0 Å². The van der Waals surface area contributed by atoms with Crippen molar-refractivity contribution in [2.24, 2.45) is 0 Å². The molecule has 0 aliphatic carbocycles. The highest BCUT2D eigenvalue weighted by atomic mass is 19.2. The van der Waals surface area contributed by atoms with Gasteiger partial charge in [-0.15, -0.1) is 0 Å². The lowest BCUT2D eigenvalue weighted by Crippen LogP contribution is -2.32. The molecular weight excluding hydrogens is 290 g/mol. The zero-order valence-corrected chi connectivity index (χ0v) is 11.8. The molecule has 0 bridgehead atoms. The quantitative estimate of drug-likeness (QED) is 0.682. The summed E-state index contributed by atoms with van der Waals surface area (Å²) >= 11 is 0. The number of halogens is 4. The van der Waals surface area contributed by atoms with Crippen LogP contribution in [0.4, 0.5) is 22.4 Å². The molecule has 0 spiro atoms. The maximum Gasteiger partial charge on any atom is 0.407 e. The molecule has 21 heavy (non-hydrogen) atoms. The fourth-order valence-electron chi connectivity index (χ4n) is 1.37. The monoisotopic (exact) mass is 305 g/mol. The lowest BCUT2D eigenvalue weighted by Gasteiger charge is -2.19. The minimum atomic E-state index is -1.50. The Morgan fingerprint density at radius 2 is 1.71 bits per heavy atom. The molecule has 7 heteroatoms. The van der Waals surface area contributed by atoms with Crippen LogP contribution in [0.5, 0.6) is 0 Å². The lowest BCUT2D eigenvalue weighted by atomic mass is 10.1. The second-order valence-electron chi connectivity index (χ2n) is 5.17. The molecule has 1 N–H and O–H groups in total. The van der Waals surface area contributed by atoms with Gasteiger partial charge in [-0.05, 0) is 20.8 Å². The standard InChI is InChI=1S/C14H15F4NO2/c1-14(2,3)21-13(20)19-6-4-5-8-11(17)9(15)7-10(16)12(8)18/h4-5,7H,6H2,1-3H3,(H,19,20). The van der Waals surface area contributed by atoms with Gasteiger partial charge >= 0.3 is 6.09 Å². The predicted octanol–water partition coefficient (Wildman–Crippen LogP) is 3.78. The van der Waals surface area contributed by atoms with Gasteiger partial charge in [0.1, 0.15) is 5.60 Å². The zero-order chi connectivity index (χ0) is 16.2. The highest BCUT2D eigenvalue weighted by Gasteiger charge is 2.17. The Morgan fingerprint density at radius 3 is 2.19 bits per heavy atom. The van der Waals surface area contributed by atoms with E-state index in [2.05, 4.69) is 5.32 Å². The summed E-state index contributed by atoms with van der Waals surface area (Å²) in [6.07, 6.45) is 1.26. The number of nitrogens with one attached hydrogen (secondary N) is 1. The van der Waals surface area contributed by atoms with E-state index in [-0.39, 0.29) is 12.6 Å². The number of benzene rings is 1. The molecule has 0 radical (unpaired) electrons. The Balaban J connectivity index is 2.69. The van der Waals surface area contributed by atoms with Crippen LogP contribution in [0.3, 0.4) is 0 Å². The van der Waals surface area contributed by atoms with Crippen LogP contribution in [0.15, 0.2) is 12.1 Å². The van der Waals surface area contributed by atoms with Crippen molar-refractivity contribution in [3.63, 3.8) is 0 Å². The van der Waals surface area contributed by atoms with E-state index in [0.717, 1.165) is 12.2 Å². The second-order valence-corrected chi connectivity index (χ2v) is 5.17. The van der Waals surface area contributed by atoms with Crippen molar-refractivity contribution < 1.29 is 27.1 Å². The van der Waals surface area contributed by atoms with Gasteiger partial charge in [0.15, 0.2) is 23.3 Å². The molecule has 116 valence electrons. The van der Waals surface area contributed by atoms with Crippen molar-refractivity contribution in [2.45, 2.75) is 26.4 Å². The van der Waals surface area contributed by atoms with Crippen molar-refractivity contribution in [3.8, 4) is 0 Å². The topological polar surface area (TPSA) is 38.3 Å². The average molecular weight is 305 g/mol.